The van der Waals surface area contributed by atoms with Crippen LogP contribution in [0.5, 0.6) is 5.75 Å². The highest BCUT2D eigenvalue weighted by Gasteiger charge is 2.10. The van der Waals surface area contributed by atoms with E-state index in [0.717, 1.165) is 29.0 Å². The van der Waals surface area contributed by atoms with Gasteiger partial charge in [-0.15, -0.1) is 0 Å². The first-order valence-electron chi connectivity index (χ1n) is 11.5. The summed E-state index contributed by atoms with van der Waals surface area (Å²) in [5.41, 5.74) is 0. The van der Waals surface area contributed by atoms with Gasteiger partial charge in [-0.25, -0.2) is 4.79 Å². The standard InChI is InChI=1S/C27H34O3/c1-2-3-4-5-6-7-8-9-10-13-19-29-27(28)30-26-18-14-17-24-20-22-15-11-12-16-23(22)21-25(24)26/h11-12,14-18,20-21H,2-10,13,19H2,1H3. The van der Waals surface area contributed by atoms with Crippen molar-refractivity contribution >= 4 is 27.7 Å². The molecule has 0 aliphatic rings. The van der Waals surface area contributed by atoms with E-state index >= 15 is 0 Å². The molecule has 3 nitrogen and oxygen atoms in total. The Balaban J connectivity index is 1.38. The average molecular weight is 407 g/mol. The number of carbonyl (C=O) groups excluding carboxylic acids is 1. The minimum atomic E-state index is -0.619. The Labute approximate surface area is 180 Å². The van der Waals surface area contributed by atoms with E-state index in [1.807, 2.05) is 30.3 Å². The molecule has 0 amide bonds. The second-order valence-corrected chi connectivity index (χ2v) is 8.06. The van der Waals surface area contributed by atoms with Crippen LogP contribution in [-0.2, 0) is 4.74 Å². The lowest BCUT2D eigenvalue weighted by Gasteiger charge is -2.09. The Morgan fingerprint density at radius 2 is 1.30 bits per heavy atom. The molecule has 30 heavy (non-hydrogen) atoms. The van der Waals surface area contributed by atoms with Crippen LogP contribution in [0.25, 0.3) is 21.5 Å². The van der Waals surface area contributed by atoms with Gasteiger partial charge in [0.15, 0.2) is 0 Å². The number of unbranched alkanes of at least 4 members (excludes halogenated alkanes) is 9. The number of carbonyl (C=O) groups is 1. The fourth-order valence-corrected chi connectivity index (χ4v) is 3.89. The summed E-state index contributed by atoms with van der Waals surface area (Å²) in [5.74, 6) is 0.548. The van der Waals surface area contributed by atoms with Crippen molar-refractivity contribution in [2.75, 3.05) is 6.61 Å². The topological polar surface area (TPSA) is 35.5 Å². The normalized spacial score (nSPS) is 11.1. The first-order chi connectivity index (χ1) is 14.8. The van der Waals surface area contributed by atoms with Crippen LogP contribution >= 0.6 is 0 Å². The number of hydrogen-bond donors (Lipinski definition) is 0. The number of ether oxygens (including phenoxy) is 2. The summed E-state index contributed by atoms with van der Waals surface area (Å²) >= 11 is 0. The zero-order valence-electron chi connectivity index (χ0n) is 18.2. The van der Waals surface area contributed by atoms with Crippen LogP contribution < -0.4 is 4.74 Å². The maximum absolute atomic E-state index is 12.1. The third-order valence-corrected chi connectivity index (χ3v) is 5.62. The molecule has 3 rings (SSSR count). The Bertz CT molecular complexity index is 932. The van der Waals surface area contributed by atoms with Crippen LogP contribution in [0.4, 0.5) is 4.79 Å². The lowest BCUT2D eigenvalue weighted by molar-refractivity contribution is 0.0978. The summed E-state index contributed by atoms with van der Waals surface area (Å²) in [5, 5.41) is 4.27. The molecule has 0 saturated carbocycles. The summed E-state index contributed by atoms with van der Waals surface area (Å²) in [6.45, 7) is 2.67. The van der Waals surface area contributed by atoms with Crippen molar-refractivity contribution in [3.05, 3.63) is 54.6 Å². The Kier molecular flexibility index (Phi) is 9.02. The Hall–Kier alpha value is -2.55. The van der Waals surface area contributed by atoms with Crippen LogP contribution in [0.3, 0.4) is 0 Å². The predicted octanol–water partition coefficient (Wildman–Crippen LogP) is 8.43. The van der Waals surface area contributed by atoms with Gasteiger partial charge < -0.3 is 9.47 Å². The van der Waals surface area contributed by atoms with Gasteiger partial charge in [0.05, 0.1) is 6.61 Å². The van der Waals surface area contributed by atoms with Crippen molar-refractivity contribution in [3.8, 4) is 5.75 Å². The molecule has 0 atom stereocenters. The highest BCUT2D eigenvalue weighted by Crippen LogP contribution is 2.30. The zero-order valence-corrected chi connectivity index (χ0v) is 18.2. The van der Waals surface area contributed by atoms with Crippen molar-refractivity contribution in [1.29, 1.82) is 0 Å². The second-order valence-electron chi connectivity index (χ2n) is 8.06. The van der Waals surface area contributed by atoms with E-state index in [2.05, 4.69) is 31.2 Å². The number of rotatable bonds is 12. The predicted molar refractivity (Wildman–Crippen MR) is 125 cm³/mol. The molecule has 0 N–H and O–H groups in total. The molecule has 0 aliphatic carbocycles. The van der Waals surface area contributed by atoms with Crippen molar-refractivity contribution in [2.45, 2.75) is 71.1 Å². The first kappa shape index (κ1) is 22.1. The lowest BCUT2D eigenvalue weighted by Crippen LogP contribution is -2.11. The summed E-state index contributed by atoms with van der Waals surface area (Å²) in [7, 11) is 0. The van der Waals surface area contributed by atoms with Gasteiger partial charge in [-0.3, -0.25) is 0 Å². The van der Waals surface area contributed by atoms with Gasteiger partial charge >= 0.3 is 6.16 Å². The second kappa shape index (κ2) is 12.2. The minimum absolute atomic E-state index is 0.420. The van der Waals surface area contributed by atoms with Gasteiger partial charge in [-0.2, -0.15) is 0 Å². The van der Waals surface area contributed by atoms with Crippen LogP contribution in [0.1, 0.15) is 71.1 Å². The van der Waals surface area contributed by atoms with Crippen LogP contribution in [-0.4, -0.2) is 12.8 Å². The van der Waals surface area contributed by atoms with E-state index in [9.17, 15) is 4.79 Å². The molecule has 3 aromatic rings. The zero-order chi connectivity index (χ0) is 21.0. The number of benzene rings is 3. The molecule has 160 valence electrons. The molecular weight excluding hydrogens is 372 g/mol. The molecule has 0 fully saturated rings. The maximum Gasteiger partial charge on any atom is 0.513 e. The SMILES string of the molecule is CCCCCCCCCCCCOC(=O)Oc1cccc2cc3ccccc3cc12. The maximum atomic E-state index is 12.1. The molecular formula is C27H34O3. The van der Waals surface area contributed by atoms with Crippen molar-refractivity contribution in [1.82, 2.24) is 0 Å². The number of fused-ring (bicyclic) bond motifs is 2. The van der Waals surface area contributed by atoms with E-state index < -0.39 is 6.16 Å². The van der Waals surface area contributed by atoms with Gasteiger partial charge in [0, 0.05) is 5.39 Å². The summed E-state index contributed by atoms with van der Waals surface area (Å²) in [6.07, 6.45) is 11.9. The van der Waals surface area contributed by atoms with E-state index in [0.29, 0.717) is 12.4 Å². The fraction of sp³-hybridized carbons (Fsp3) is 0.444. The molecule has 0 aromatic heterocycles. The largest absolute Gasteiger partial charge is 0.513 e. The Morgan fingerprint density at radius 1 is 0.700 bits per heavy atom. The Morgan fingerprint density at radius 3 is 2.00 bits per heavy atom. The van der Waals surface area contributed by atoms with Crippen molar-refractivity contribution in [3.63, 3.8) is 0 Å². The molecule has 0 saturated heterocycles. The highest BCUT2D eigenvalue weighted by molar-refractivity contribution is 6.01. The van der Waals surface area contributed by atoms with E-state index in [1.165, 1.54) is 56.8 Å². The molecule has 0 radical (unpaired) electrons. The van der Waals surface area contributed by atoms with Crippen LogP contribution in [0.2, 0.25) is 0 Å². The van der Waals surface area contributed by atoms with E-state index in [-0.39, 0.29) is 0 Å². The van der Waals surface area contributed by atoms with Crippen molar-refractivity contribution < 1.29 is 14.3 Å². The van der Waals surface area contributed by atoms with Crippen LogP contribution in [0, 0.1) is 0 Å². The van der Waals surface area contributed by atoms with Gasteiger partial charge in [-0.05, 0) is 40.8 Å². The third kappa shape index (κ3) is 6.76. The average Bonchev–Trinajstić information content (AvgIpc) is 2.76. The first-order valence-corrected chi connectivity index (χ1v) is 11.5. The molecule has 0 unspecified atom stereocenters. The van der Waals surface area contributed by atoms with E-state index in [1.54, 1.807) is 0 Å². The van der Waals surface area contributed by atoms with Gasteiger partial charge in [0.1, 0.15) is 5.75 Å². The molecule has 3 heteroatoms. The van der Waals surface area contributed by atoms with Crippen molar-refractivity contribution in [2.24, 2.45) is 0 Å². The van der Waals surface area contributed by atoms with Gasteiger partial charge in [0.25, 0.3) is 0 Å². The van der Waals surface area contributed by atoms with Crippen LogP contribution in [0.15, 0.2) is 54.6 Å². The van der Waals surface area contributed by atoms with Gasteiger partial charge in [-0.1, -0.05) is 101 Å². The summed E-state index contributed by atoms with van der Waals surface area (Å²) in [4.78, 5) is 12.1. The summed E-state index contributed by atoms with van der Waals surface area (Å²) in [6, 6.07) is 18.1. The smallest absolute Gasteiger partial charge is 0.434 e. The minimum Gasteiger partial charge on any atom is -0.434 e. The monoisotopic (exact) mass is 406 g/mol. The summed E-state index contributed by atoms with van der Waals surface area (Å²) < 4.78 is 10.8. The van der Waals surface area contributed by atoms with E-state index in [4.69, 9.17) is 9.47 Å². The van der Waals surface area contributed by atoms with Gasteiger partial charge in [0.2, 0.25) is 0 Å². The molecule has 0 bridgehead atoms. The molecule has 0 heterocycles. The lowest BCUT2D eigenvalue weighted by atomic mass is 10.0. The fourth-order valence-electron chi connectivity index (χ4n) is 3.89. The molecule has 3 aromatic carbocycles. The number of hydrogen-bond acceptors (Lipinski definition) is 3. The highest BCUT2D eigenvalue weighted by atomic mass is 16.7. The third-order valence-electron chi connectivity index (χ3n) is 5.62. The quantitative estimate of drug-likeness (QED) is 0.131. The molecule has 0 aliphatic heterocycles. The molecule has 0 spiro atoms.